The smallest absolute Gasteiger partial charge is 0.264 e. The number of rotatable bonds is 4. The molecule has 0 aliphatic carbocycles. The molecule has 3 N–H and O–H groups in total. The first-order valence-corrected chi connectivity index (χ1v) is 8.77. The van der Waals surface area contributed by atoms with Crippen molar-refractivity contribution in [2.24, 2.45) is 0 Å². The molecule has 0 aromatic heterocycles. The first-order chi connectivity index (χ1) is 11.8. The van der Waals surface area contributed by atoms with Crippen LogP contribution in [0.3, 0.4) is 0 Å². The Morgan fingerprint density at radius 3 is 2.64 bits per heavy atom. The lowest BCUT2D eigenvalue weighted by molar-refractivity contribution is -0.121. The van der Waals surface area contributed by atoms with Gasteiger partial charge in [-0.3, -0.25) is 10.1 Å². The van der Waals surface area contributed by atoms with Crippen molar-refractivity contribution in [1.82, 2.24) is 5.32 Å². The molecule has 7 heteroatoms. The number of thiocarbonyl (C=S) groups is 1. The summed E-state index contributed by atoms with van der Waals surface area (Å²) >= 11 is 8.39. The molecule has 0 radical (unpaired) electrons. The molecule has 0 fully saturated rings. The van der Waals surface area contributed by atoms with E-state index >= 15 is 0 Å². The van der Waals surface area contributed by atoms with Crippen molar-refractivity contribution in [3.63, 3.8) is 0 Å². The second-order valence-corrected chi connectivity index (χ2v) is 6.88. The van der Waals surface area contributed by atoms with Gasteiger partial charge in [-0.05, 0) is 83.8 Å². The SMILES string of the molecule is Cc1cccc(OCC(=O)NC(=S)Nc2cc(C)c(O)c(Br)c2)c1C. The Bertz CT molecular complexity index is 801. The minimum absolute atomic E-state index is 0.135. The van der Waals surface area contributed by atoms with Gasteiger partial charge in [0.25, 0.3) is 5.91 Å². The maximum atomic E-state index is 12.0. The van der Waals surface area contributed by atoms with Crippen LogP contribution in [0.1, 0.15) is 16.7 Å². The van der Waals surface area contributed by atoms with Crippen LogP contribution in [-0.2, 0) is 4.79 Å². The van der Waals surface area contributed by atoms with Crippen molar-refractivity contribution in [3.05, 3.63) is 51.5 Å². The highest BCUT2D eigenvalue weighted by atomic mass is 79.9. The van der Waals surface area contributed by atoms with Crippen LogP contribution in [0.15, 0.2) is 34.8 Å². The molecule has 5 nitrogen and oxygen atoms in total. The van der Waals surface area contributed by atoms with Crippen LogP contribution in [0.2, 0.25) is 0 Å². The molecule has 25 heavy (non-hydrogen) atoms. The van der Waals surface area contributed by atoms with Gasteiger partial charge >= 0.3 is 0 Å². The van der Waals surface area contributed by atoms with Crippen molar-refractivity contribution >= 4 is 44.9 Å². The summed E-state index contributed by atoms with van der Waals surface area (Å²) in [4.78, 5) is 12.0. The molecule has 0 aliphatic rings. The largest absolute Gasteiger partial charge is 0.506 e. The lowest BCUT2D eigenvalue weighted by Crippen LogP contribution is -2.37. The highest BCUT2D eigenvalue weighted by Gasteiger charge is 2.10. The van der Waals surface area contributed by atoms with Crippen molar-refractivity contribution in [1.29, 1.82) is 0 Å². The number of aryl methyl sites for hydroxylation is 2. The van der Waals surface area contributed by atoms with Crippen LogP contribution in [0.5, 0.6) is 11.5 Å². The number of benzene rings is 2. The predicted octanol–water partition coefficient (Wildman–Crippen LogP) is 3.97. The van der Waals surface area contributed by atoms with E-state index < -0.39 is 0 Å². The van der Waals surface area contributed by atoms with E-state index in [1.54, 1.807) is 19.1 Å². The molecule has 1 amide bonds. The van der Waals surface area contributed by atoms with E-state index in [1.165, 1.54) is 0 Å². The molecule has 2 rings (SSSR count). The van der Waals surface area contributed by atoms with Gasteiger partial charge in [0.2, 0.25) is 0 Å². The summed E-state index contributed by atoms with van der Waals surface area (Å²) in [5, 5.41) is 15.4. The van der Waals surface area contributed by atoms with Crippen LogP contribution < -0.4 is 15.4 Å². The maximum absolute atomic E-state index is 12.0. The van der Waals surface area contributed by atoms with E-state index in [0.29, 0.717) is 21.5 Å². The monoisotopic (exact) mass is 422 g/mol. The number of nitrogens with one attached hydrogen (secondary N) is 2. The minimum Gasteiger partial charge on any atom is -0.506 e. The average Bonchev–Trinajstić information content (AvgIpc) is 2.53. The van der Waals surface area contributed by atoms with Crippen LogP contribution in [0.25, 0.3) is 0 Å². The molecule has 0 heterocycles. The molecular weight excluding hydrogens is 404 g/mol. The minimum atomic E-state index is -0.354. The zero-order chi connectivity index (χ0) is 18.6. The number of ether oxygens (including phenoxy) is 1. The molecule has 0 saturated carbocycles. The lowest BCUT2D eigenvalue weighted by atomic mass is 10.1. The maximum Gasteiger partial charge on any atom is 0.264 e. The van der Waals surface area contributed by atoms with Crippen LogP contribution in [-0.4, -0.2) is 22.7 Å². The fourth-order valence-corrected chi connectivity index (χ4v) is 2.95. The van der Waals surface area contributed by atoms with Gasteiger partial charge in [-0.25, -0.2) is 0 Å². The Balaban J connectivity index is 1.90. The normalized spacial score (nSPS) is 10.2. The molecule has 0 aliphatic heterocycles. The quantitative estimate of drug-likeness (QED) is 0.513. The van der Waals surface area contributed by atoms with Crippen molar-refractivity contribution < 1.29 is 14.6 Å². The number of anilines is 1. The van der Waals surface area contributed by atoms with E-state index in [9.17, 15) is 9.90 Å². The number of carbonyl (C=O) groups excluding carboxylic acids is 1. The summed E-state index contributed by atoms with van der Waals surface area (Å²) in [6.45, 7) is 5.56. The summed E-state index contributed by atoms with van der Waals surface area (Å²) in [6.07, 6.45) is 0. The summed E-state index contributed by atoms with van der Waals surface area (Å²) in [7, 11) is 0. The number of amides is 1. The zero-order valence-electron chi connectivity index (χ0n) is 14.1. The second-order valence-electron chi connectivity index (χ2n) is 5.61. The van der Waals surface area contributed by atoms with Gasteiger partial charge < -0.3 is 15.2 Å². The lowest BCUT2D eigenvalue weighted by Gasteiger charge is -2.13. The number of halogens is 1. The van der Waals surface area contributed by atoms with Gasteiger partial charge in [0.15, 0.2) is 11.7 Å². The highest BCUT2D eigenvalue weighted by molar-refractivity contribution is 9.10. The summed E-state index contributed by atoms with van der Waals surface area (Å²) in [5.74, 6) is 0.488. The summed E-state index contributed by atoms with van der Waals surface area (Å²) < 4.78 is 6.09. The predicted molar refractivity (Wildman–Crippen MR) is 106 cm³/mol. The molecule has 0 atom stereocenters. The Morgan fingerprint density at radius 1 is 1.24 bits per heavy atom. The summed E-state index contributed by atoms with van der Waals surface area (Å²) in [6, 6.07) is 9.09. The van der Waals surface area contributed by atoms with E-state index in [4.69, 9.17) is 17.0 Å². The first-order valence-electron chi connectivity index (χ1n) is 7.57. The molecular formula is C18H19BrN2O3S. The fraction of sp³-hybridized carbons (Fsp3) is 0.222. The fourth-order valence-electron chi connectivity index (χ4n) is 2.16. The van der Waals surface area contributed by atoms with Crippen LogP contribution >= 0.6 is 28.1 Å². The first kappa shape index (κ1) is 19.2. The third kappa shape index (κ3) is 5.17. The molecule has 0 bridgehead atoms. The van der Waals surface area contributed by atoms with Gasteiger partial charge in [0, 0.05) is 5.69 Å². The van der Waals surface area contributed by atoms with E-state index in [2.05, 4.69) is 26.6 Å². The van der Waals surface area contributed by atoms with Crippen LogP contribution in [0, 0.1) is 20.8 Å². The van der Waals surface area contributed by atoms with Crippen LogP contribution in [0.4, 0.5) is 5.69 Å². The van der Waals surface area contributed by atoms with E-state index in [1.807, 2.05) is 32.0 Å². The Labute approximate surface area is 160 Å². The van der Waals surface area contributed by atoms with Crippen molar-refractivity contribution in [2.45, 2.75) is 20.8 Å². The molecule has 132 valence electrons. The van der Waals surface area contributed by atoms with Gasteiger partial charge in [-0.2, -0.15) is 0 Å². The summed E-state index contributed by atoms with van der Waals surface area (Å²) in [5.41, 5.74) is 3.44. The van der Waals surface area contributed by atoms with E-state index in [0.717, 1.165) is 11.1 Å². The standard InChI is InChI=1S/C18H19BrN2O3S/c1-10-5-4-6-15(12(10)3)24-9-16(22)21-18(25)20-13-7-11(2)17(23)14(19)8-13/h4-8,23H,9H2,1-3H3,(H2,20,21,22,25). The topological polar surface area (TPSA) is 70.6 Å². The third-order valence-corrected chi connectivity index (χ3v) is 4.49. The average molecular weight is 423 g/mol. The van der Waals surface area contributed by atoms with E-state index in [-0.39, 0.29) is 23.4 Å². The number of phenolic OH excluding ortho intramolecular Hbond substituents is 1. The Morgan fingerprint density at radius 2 is 1.96 bits per heavy atom. The second kappa shape index (κ2) is 8.31. The molecule has 2 aromatic rings. The molecule has 0 unspecified atom stereocenters. The van der Waals surface area contributed by atoms with Gasteiger partial charge in [-0.15, -0.1) is 0 Å². The molecule has 2 aromatic carbocycles. The van der Waals surface area contributed by atoms with Gasteiger partial charge in [0.1, 0.15) is 11.5 Å². The van der Waals surface area contributed by atoms with Gasteiger partial charge in [-0.1, -0.05) is 12.1 Å². The number of hydrogen-bond acceptors (Lipinski definition) is 4. The highest BCUT2D eigenvalue weighted by Crippen LogP contribution is 2.30. The Kier molecular flexibility index (Phi) is 6.39. The Hall–Kier alpha value is -2.12. The number of carbonyl (C=O) groups is 1. The van der Waals surface area contributed by atoms with Crippen molar-refractivity contribution in [2.75, 3.05) is 11.9 Å². The number of hydrogen-bond donors (Lipinski definition) is 3. The molecule has 0 spiro atoms. The van der Waals surface area contributed by atoms with Crippen molar-refractivity contribution in [3.8, 4) is 11.5 Å². The number of aromatic hydroxyl groups is 1. The zero-order valence-corrected chi connectivity index (χ0v) is 16.5. The number of phenols is 1. The third-order valence-electron chi connectivity index (χ3n) is 3.68. The molecule has 0 saturated heterocycles. The van der Waals surface area contributed by atoms with Gasteiger partial charge in [0.05, 0.1) is 4.47 Å².